The Morgan fingerprint density at radius 3 is 1.10 bits per heavy atom. The predicted molar refractivity (Wildman–Crippen MR) is 333 cm³/mol. The minimum Gasteiger partial charge on any atom is -0.480 e. The summed E-state index contributed by atoms with van der Waals surface area (Å²) < 4.78 is 10.1. The zero-order valence-corrected chi connectivity index (χ0v) is 54.3. The fourth-order valence-electron chi connectivity index (χ4n) is 9.76. The summed E-state index contributed by atoms with van der Waals surface area (Å²) in [4.78, 5) is 148. The normalized spacial score (nSPS) is 13.4. The van der Waals surface area contributed by atoms with Gasteiger partial charge in [-0.25, -0.2) is 9.59 Å². The first kappa shape index (κ1) is 81.4. The summed E-state index contributed by atoms with van der Waals surface area (Å²) in [6.45, 7) is 13.5. The van der Waals surface area contributed by atoms with Crippen molar-refractivity contribution in [3.63, 3.8) is 0 Å². The van der Waals surface area contributed by atoms with Crippen molar-refractivity contribution in [1.29, 1.82) is 0 Å². The second-order valence-corrected chi connectivity index (χ2v) is 25.0. The van der Waals surface area contributed by atoms with Gasteiger partial charge < -0.3 is 35.8 Å². The summed E-state index contributed by atoms with van der Waals surface area (Å²) in [6.07, 6.45) is 39.9. The Hall–Kier alpha value is -6.57. The molecule has 0 aromatic rings. The first-order chi connectivity index (χ1) is 41.9. The van der Waals surface area contributed by atoms with Gasteiger partial charge in [0.05, 0.1) is 6.61 Å². The van der Waals surface area contributed by atoms with E-state index in [2.05, 4.69) is 46.8 Å². The van der Waals surface area contributed by atoms with Crippen LogP contribution in [0.15, 0.2) is 24.3 Å². The van der Waals surface area contributed by atoms with Crippen LogP contribution in [0.3, 0.4) is 0 Å². The Labute approximate surface area is 524 Å². The van der Waals surface area contributed by atoms with Gasteiger partial charge in [-0.3, -0.25) is 53.0 Å². The molecule has 0 spiro atoms. The minimum atomic E-state index is -1.19. The number of imide groups is 2. The molecule has 8 amide bonds. The van der Waals surface area contributed by atoms with Gasteiger partial charge in [0.2, 0.25) is 23.6 Å². The lowest BCUT2D eigenvalue weighted by Crippen LogP contribution is -2.45. The number of unbranched alkanes of at least 4 members (excludes halogenated alkanes) is 26. The molecule has 22 nitrogen and oxygen atoms in total. The van der Waals surface area contributed by atoms with Crippen molar-refractivity contribution in [3.8, 4) is 0 Å². The number of ether oxygens (including phenoxy) is 2. The quantitative estimate of drug-likeness (QED) is 0.0164. The molecular weight excluding hydrogens is 1130 g/mol. The lowest BCUT2D eigenvalue weighted by Gasteiger charge is -2.24. The van der Waals surface area contributed by atoms with Crippen LogP contribution in [0.1, 0.15) is 266 Å². The van der Waals surface area contributed by atoms with Crippen molar-refractivity contribution >= 4 is 71.8 Å². The van der Waals surface area contributed by atoms with E-state index in [0.29, 0.717) is 31.3 Å². The minimum absolute atomic E-state index is 0.0119. The average Bonchev–Trinajstić information content (AvgIpc) is 4.16. The third-order valence-corrected chi connectivity index (χ3v) is 14.7. The second-order valence-electron chi connectivity index (χ2n) is 25.0. The van der Waals surface area contributed by atoms with E-state index < -0.39 is 59.2 Å². The predicted octanol–water partition coefficient (Wildman–Crippen LogP) is 9.74. The monoisotopic (exact) mass is 1240 g/mol. The fourth-order valence-corrected chi connectivity index (χ4v) is 9.76. The molecule has 0 fully saturated rings. The summed E-state index contributed by atoms with van der Waals surface area (Å²) in [5.74, 6) is -4.75. The number of carbonyl (C=O) groups excluding carboxylic acids is 12. The molecule has 0 radical (unpaired) electrons. The highest BCUT2D eigenvalue weighted by Gasteiger charge is 2.28. The van der Waals surface area contributed by atoms with Crippen LogP contribution in [0.4, 0.5) is 0 Å². The topological polar surface area (TPSA) is 315 Å². The smallest absolute Gasteiger partial charge is 0.373 e. The van der Waals surface area contributed by atoms with Gasteiger partial charge in [-0.15, -0.1) is 0 Å². The SMILES string of the molecule is CC(C)(C)CCCCCCCCCCCCCCCCC(=O)NC(CCC(=O)NCCN1C(=O)C=CC1=O)C(=O)OC(C)(C)C.O=C=O.O=COCCCCCCCCCCCCCCCCC(=O)NC(CCC(=O)NCCN1C(=O)C=CC1=O)C(=O)O. The van der Waals surface area contributed by atoms with Crippen LogP contribution in [0, 0.1) is 5.41 Å². The van der Waals surface area contributed by atoms with E-state index in [-0.39, 0.29) is 82.2 Å². The van der Waals surface area contributed by atoms with Crippen molar-refractivity contribution in [3.05, 3.63) is 24.3 Å². The van der Waals surface area contributed by atoms with Crippen LogP contribution in [-0.2, 0) is 71.8 Å². The fraction of sp³-hybridized carbons (Fsp3) is 0.758. The van der Waals surface area contributed by atoms with Crippen molar-refractivity contribution in [2.45, 2.75) is 284 Å². The van der Waals surface area contributed by atoms with E-state index >= 15 is 0 Å². The maximum atomic E-state index is 12.8. The van der Waals surface area contributed by atoms with Gasteiger partial charge in [0.15, 0.2) is 0 Å². The van der Waals surface area contributed by atoms with E-state index in [9.17, 15) is 57.8 Å². The Balaban J connectivity index is 0.00000166. The summed E-state index contributed by atoms with van der Waals surface area (Å²) in [5, 5.41) is 19.9. The number of aliphatic carboxylic acids is 1. The molecule has 5 N–H and O–H groups in total. The van der Waals surface area contributed by atoms with Crippen molar-refractivity contribution in [2.24, 2.45) is 5.41 Å². The summed E-state index contributed by atoms with van der Waals surface area (Å²) >= 11 is 0. The van der Waals surface area contributed by atoms with Gasteiger partial charge in [0, 0.05) is 76.2 Å². The number of hydrogen-bond donors (Lipinski definition) is 5. The third-order valence-electron chi connectivity index (χ3n) is 14.7. The number of carboxylic acid groups (broad SMARTS) is 1. The molecule has 0 aromatic carbocycles. The van der Waals surface area contributed by atoms with Crippen LogP contribution in [0.5, 0.6) is 0 Å². The van der Waals surface area contributed by atoms with Crippen LogP contribution >= 0.6 is 0 Å². The molecule has 2 rings (SSSR count). The molecule has 0 saturated heterocycles. The number of hydrogen-bond acceptors (Lipinski definition) is 15. The van der Waals surface area contributed by atoms with Gasteiger partial charge in [-0.1, -0.05) is 181 Å². The lowest BCUT2D eigenvalue weighted by molar-refractivity contribution is -0.192. The number of carbonyl (C=O) groups is 11. The number of carboxylic acids is 1. The highest BCUT2D eigenvalue weighted by Crippen LogP contribution is 2.23. The van der Waals surface area contributed by atoms with E-state index in [1.54, 1.807) is 20.8 Å². The number of nitrogens with one attached hydrogen (secondary N) is 4. The van der Waals surface area contributed by atoms with E-state index in [4.69, 9.17) is 14.3 Å². The molecule has 2 aliphatic rings. The second kappa shape index (κ2) is 51.3. The maximum Gasteiger partial charge on any atom is 0.373 e. The van der Waals surface area contributed by atoms with Crippen LogP contribution in [0.2, 0.25) is 0 Å². The first-order valence-corrected chi connectivity index (χ1v) is 32.6. The number of nitrogens with zero attached hydrogens (tertiary/aromatic N) is 2. The molecule has 0 aromatic heterocycles. The zero-order chi connectivity index (χ0) is 65.9. The highest BCUT2D eigenvalue weighted by molar-refractivity contribution is 6.13. The number of esters is 1. The lowest BCUT2D eigenvalue weighted by atomic mass is 9.89. The highest BCUT2D eigenvalue weighted by atomic mass is 16.6. The van der Waals surface area contributed by atoms with Crippen LogP contribution in [0.25, 0.3) is 0 Å². The van der Waals surface area contributed by atoms with Crippen molar-refractivity contribution in [1.82, 2.24) is 31.1 Å². The maximum absolute atomic E-state index is 12.8. The molecule has 500 valence electrons. The molecule has 0 bridgehead atoms. The molecule has 2 heterocycles. The molecule has 0 saturated carbocycles. The molecule has 22 heteroatoms. The molecule has 88 heavy (non-hydrogen) atoms. The Morgan fingerprint density at radius 2 is 0.784 bits per heavy atom. The van der Waals surface area contributed by atoms with Crippen LogP contribution in [-0.4, -0.2) is 137 Å². The Bertz CT molecular complexity index is 2130. The van der Waals surface area contributed by atoms with E-state index in [1.165, 1.54) is 141 Å². The molecule has 2 unspecified atom stereocenters. The van der Waals surface area contributed by atoms with Gasteiger partial charge in [0.1, 0.15) is 17.7 Å². The number of rotatable bonds is 50. The molecule has 2 aliphatic heterocycles. The van der Waals surface area contributed by atoms with Crippen LogP contribution < -0.4 is 21.3 Å². The average molecular weight is 1240 g/mol. The first-order valence-electron chi connectivity index (χ1n) is 32.6. The third kappa shape index (κ3) is 47.5. The number of amides is 8. The molecular formula is C66H110N6O16. The van der Waals surface area contributed by atoms with Gasteiger partial charge in [0.25, 0.3) is 30.1 Å². The van der Waals surface area contributed by atoms with Crippen molar-refractivity contribution < 1.29 is 76.9 Å². The summed E-state index contributed by atoms with van der Waals surface area (Å²) in [5.41, 5.74) is -0.259. The molecule has 2 atom stereocenters. The van der Waals surface area contributed by atoms with Gasteiger partial charge >= 0.3 is 18.1 Å². The Morgan fingerprint density at radius 1 is 0.477 bits per heavy atom. The Kier molecular flexibility index (Phi) is 47.5. The van der Waals surface area contributed by atoms with Crippen molar-refractivity contribution in [2.75, 3.05) is 32.8 Å². The molecule has 0 aliphatic carbocycles. The zero-order valence-electron chi connectivity index (χ0n) is 54.3. The van der Waals surface area contributed by atoms with Gasteiger partial charge in [-0.05, 0) is 64.7 Å². The van der Waals surface area contributed by atoms with E-state index in [0.717, 1.165) is 73.3 Å². The standard InChI is InChI=1S/C36H63N3O6.C29H47N3O8.CO2/c1-35(2,3)26-20-18-16-14-12-10-8-7-9-11-13-15-17-19-21-31(41)38-29(34(44)45-36(4,5)6)22-23-30(40)37-27-28-39-32(42)24-25-33(39)43;33-23-40-22-14-12-10-8-6-4-2-1-3-5-7-9-11-13-15-26(35)31-24(29(38)39)16-17-25(34)30-20-21-32-27(36)18-19-28(32)37;2-1-3/h24-25,29H,7-23,26-28H2,1-6H3,(H,37,40)(H,38,41);18-19,23-24H,1-17,20-22H2,(H,30,34)(H,31,35)(H,38,39);. The van der Waals surface area contributed by atoms with Gasteiger partial charge in [-0.2, -0.15) is 9.59 Å². The van der Waals surface area contributed by atoms with E-state index in [1.807, 2.05) is 0 Å². The summed E-state index contributed by atoms with van der Waals surface area (Å²) in [7, 11) is 0. The summed E-state index contributed by atoms with van der Waals surface area (Å²) in [6, 6.07) is -2.07. The largest absolute Gasteiger partial charge is 0.480 e.